The Morgan fingerprint density at radius 1 is 1.50 bits per heavy atom. The van der Waals surface area contributed by atoms with Crippen LogP contribution in [-0.4, -0.2) is 7.05 Å². The maximum absolute atomic E-state index is 13.0. The number of halogens is 3. The largest absolute Gasteiger partial charge is 0.316 e. The lowest BCUT2D eigenvalue weighted by molar-refractivity contribution is 0.600. The summed E-state index contributed by atoms with van der Waals surface area (Å²) < 4.78 is 13.9. The summed E-state index contributed by atoms with van der Waals surface area (Å²) in [7, 11) is 1.80. The molecule has 0 unspecified atom stereocenters. The molecule has 12 heavy (non-hydrogen) atoms. The molecule has 0 heterocycles. The molecule has 1 rings (SSSR count). The van der Waals surface area contributed by atoms with Crippen LogP contribution >= 0.6 is 35.0 Å². The van der Waals surface area contributed by atoms with Gasteiger partial charge in [-0.05, 0) is 41.8 Å². The Hall–Kier alpha value is 0.130. The number of rotatable bonds is 2. The molecule has 0 saturated carbocycles. The third kappa shape index (κ3) is 3.25. The van der Waals surface area contributed by atoms with E-state index in [9.17, 15) is 4.39 Å². The predicted molar refractivity (Wildman–Crippen MR) is 59.1 cm³/mol. The van der Waals surface area contributed by atoms with Crippen molar-refractivity contribution in [1.29, 1.82) is 0 Å². The highest BCUT2D eigenvalue weighted by Crippen LogP contribution is 2.11. The van der Waals surface area contributed by atoms with Gasteiger partial charge < -0.3 is 5.32 Å². The molecule has 0 saturated heterocycles. The Kier molecular flexibility index (Phi) is 5.78. The first-order valence-corrected chi connectivity index (χ1v) is 4.40. The average Bonchev–Trinajstić information content (AvgIpc) is 1.95. The smallest absolute Gasteiger partial charge is 0.128 e. The lowest BCUT2D eigenvalue weighted by Crippen LogP contribution is -2.06. The van der Waals surface area contributed by atoms with E-state index in [0.29, 0.717) is 12.1 Å². The first-order chi connectivity index (χ1) is 5.24. The highest BCUT2D eigenvalue weighted by atomic mass is 127. The van der Waals surface area contributed by atoms with E-state index in [-0.39, 0.29) is 18.2 Å². The maximum atomic E-state index is 13.0. The molecule has 0 amide bonds. The van der Waals surface area contributed by atoms with Crippen LogP contribution in [0.2, 0.25) is 0 Å². The van der Waals surface area contributed by atoms with Crippen LogP contribution in [0, 0.1) is 9.39 Å². The molecule has 4 heteroatoms. The summed E-state index contributed by atoms with van der Waals surface area (Å²) >= 11 is 2.09. The van der Waals surface area contributed by atoms with Crippen LogP contribution in [0.25, 0.3) is 0 Å². The molecular weight excluding hydrogens is 291 g/mol. The minimum atomic E-state index is -0.133. The fraction of sp³-hybridized carbons (Fsp3) is 0.250. The molecule has 68 valence electrons. The minimum absolute atomic E-state index is 0. The van der Waals surface area contributed by atoms with Gasteiger partial charge >= 0.3 is 0 Å². The molecule has 0 aliphatic carbocycles. The van der Waals surface area contributed by atoms with Gasteiger partial charge in [-0.25, -0.2) is 4.39 Å². The maximum Gasteiger partial charge on any atom is 0.128 e. The molecule has 0 fully saturated rings. The fourth-order valence-electron chi connectivity index (χ4n) is 0.855. The van der Waals surface area contributed by atoms with E-state index in [1.165, 1.54) is 6.07 Å². The molecule has 1 aromatic carbocycles. The number of benzene rings is 1. The molecule has 0 atom stereocenters. The molecule has 1 N–H and O–H groups in total. The van der Waals surface area contributed by atoms with Gasteiger partial charge in [-0.3, -0.25) is 0 Å². The topological polar surface area (TPSA) is 12.0 Å². The molecule has 1 nitrogen and oxygen atoms in total. The molecule has 0 radical (unpaired) electrons. The first kappa shape index (κ1) is 12.1. The summed E-state index contributed by atoms with van der Waals surface area (Å²) in [6.45, 7) is 0.586. The summed E-state index contributed by atoms with van der Waals surface area (Å²) in [5.74, 6) is -0.133. The third-order valence-corrected chi connectivity index (χ3v) is 2.05. The van der Waals surface area contributed by atoms with Gasteiger partial charge in [0.2, 0.25) is 0 Å². The second-order valence-electron chi connectivity index (χ2n) is 2.27. The van der Waals surface area contributed by atoms with Crippen LogP contribution in [0.4, 0.5) is 4.39 Å². The van der Waals surface area contributed by atoms with E-state index in [4.69, 9.17) is 0 Å². The highest BCUT2D eigenvalue weighted by Gasteiger charge is 1.99. The SMILES string of the molecule is CNCc1ccc(I)cc1F.Cl. The summed E-state index contributed by atoms with van der Waals surface area (Å²) in [5, 5.41) is 2.90. The number of hydrogen-bond donors (Lipinski definition) is 1. The molecule has 0 aliphatic rings. The van der Waals surface area contributed by atoms with Gasteiger partial charge in [0, 0.05) is 15.7 Å². The molecule has 0 bridgehead atoms. The highest BCUT2D eigenvalue weighted by molar-refractivity contribution is 14.1. The lowest BCUT2D eigenvalue weighted by atomic mass is 10.2. The van der Waals surface area contributed by atoms with Gasteiger partial charge in [0.15, 0.2) is 0 Å². The van der Waals surface area contributed by atoms with Crippen molar-refractivity contribution in [3.8, 4) is 0 Å². The second kappa shape index (κ2) is 5.72. The van der Waals surface area contributed by atoms with Crippen LogP contribution in [0.15, 0.2) is 18.2 Å². The van der Waals surface area contributed by atoms with E-state index in [2.05, 4.69) is 27.9 Å². The van der Waals surface area contributed by atoms with Crippen LogP contribution in [0.3, 0.4) is 0 Å². The van der Waals surface area contributed by atoms with Crippen LogP contribution in [0.1, 0.15) is 5.56 Å². The quantitative estimate of drug-likeness (QED) is 0.828. The zero-order valence-electron chi connectivity index (χ0n) is 6.60. The zero-order chi connectivity index (χ0) is 8.27. The van der Waals surface area contributed by atoms with Gasteiger partial charge in [0.1, 0.15) is 5.82 Å². The van der Waals surface area contributed by atoms with Gasteiger partial charge in [0.25, 0.3) is 0 Å². The van der Waals surface area contributed by atoms with Crippen molar-refractivity contribution in [1.82, 2.24) is 5.32 Å². The van der Waals surface area contributed by atoms with E-state index in [0.717, 1.165) is 3.57 Å². The lowest BCUT2D eigenvalue weighted by Gasteiger charge is -2.01. The van der Waals surface area contributed by atoms with Crippen LogP contribution in [-0.2, 0) is 6.54 Å². The average molecular weight is 302 g/mol. The minimum Gasteiger partial charge on any atom is -0.316 e. The van der Waals surface area contributed by atoms with Gasteiger partial charge in [-0.15, -0.1) is 12.4 Å². The van der Waals surface area contributed by atoms with E-state index < -0.39 is 0 Å². The zero-order valence-corrected chi connectivity index (χ0v) is 9.58. The monoisotopic (exact) mass is 301 g/mol. The Bertz CT molecular complexity index is 255. The van der Waals surface area contributed by atoms with Gasteiger partial charge in [0.05, 0.1) is 0 Å². The van der Waals surface area contributed by atoms with Crippen molar-refractivity contribution >= 4 is 35.0 Å². The van der Waals surface area contributed by atoms with Gasteiger partial charge in [-0.2, -0.15) is 0 Å². The van der Waals surface area contributed by atoms with Crippen molar-refractivity contribution in [2.45, 2.75) is 6.54 Å². The van der Waals surface area contributed by atoms with Crippen molar-refractivity contribution in [2.24, 2.45) is 0 Å². The second-order valence-corrected chi connectivity index (χ2v) is 3.51. The van der Waals surface area contributed by atoms with Crippen molar-refractivity contribution in [3.05, 3.63) is 33.1 Å². The number of nitrogens with one attached hydrogen (secondary N) is 1. The third-order valence-electron chi connectivity index (χ3n) is 1.38. The van der Waals surface area contributed by atoms with Gasteiger partial charge in [-0.1, -0.05) is 6.07 Å². The van der Waals surface area contributed by atoms with E-state index in [1.54, 1.807) is 13.1 Å². The molecule has 1 aromatic rings. The molecule has 0 spiro atoms. The van der Waals surface area contributed by atoms with Crippen LogP contribution < -0.4 is 5.32 Å². The predicted octanol–water partition coefficient (Wildman–Crippen LogP) is 2.57. The van der Waals surface area contributed by atoms with Crippen LogP contribution in [0.5, 0.6) is 0 Å². The summed E-state index contributed by atoms with van der Waals surface area (Å²) in [6.07, 6.45) is 0. The Morgan fingerprint density at radius 3 is 2.67 bits per heavy atom. The summed E-state index contributed by atoms with van der Waals surface area (Å²) in [4.78, 5) is 0. The van der Waals surface area contributed by atoms with Crippen molar-refractivity contribution < 1.29 is 4.39 Å². The first-order valence-electron chi connectivity index (χ1n) is 3.32. The Balaban J connectivity index is 0.00000121. The standard InChI is InChI=1S/C8H9FIN.ClH/c1-11-5-6-2-3-7(10)4-8(6)9;/h2-4,11H,5H2,1H3;1H. The summed E-state index contributed by atoms with van der Waals surface area (Å²) in [6, 6.07) is 5.23. The Morgan fingerprint density at radius 2 is 2.17 bits per heavy atom. The summed E-state index contributed by atoms with van der Waals surface area (Å²) in [5.41, 5.74) is 0.716. The Labute approximate surface area is 91.3 Å². The fourth-order valence-corrected chi connectivity index (χ4v) is 1.31. The number of hydrogen-bond acceptors (Lipinski definition) is 1. The van der Waals surface area contributed by atoms with E-state index >= 15 is 0 Å². The van der Waals surface area contributed by atoms with E-state index in [1.807, 2.05) is 6.07 Å². The molecule has 0 aliphatic heterocycles. The van der Waals surface area contributed by atoms with Crippen molar-refractivity contribution in [2.75, 3.05) is 7.05 Å². The normalized spacial score (nSPS) is 9.25. The van der Waals surface area contributed by atoms with Crippen molar-refractivity contribution in [3.63, 3.8) is 0 Å². The molecule has 0 aromatic heterocycles. The molecular formula is C8H10ClFIN.